The molecule has 1 aliphatic heterocycles. The van der Waals surface area contributed by atoms with Gasteiger partial charge in [0.2, 0.25) is 0 Å². The van der Waals surface area contributed by atoms with E-state index < -0.39 is 0 Å². The number of hydrogen-bond donors (Lipinski definition) is 2. The quantitative estimate of drug-likeness (QED) is 0.560. The van der Waals surface area contributed by atoms with Crippen molar-refractivity contribution in [1.82, 2.24) is 5.32 Å². The maximum atomic E-state index is 8.99. The van der Waals surface area contributed by atoms with Crippen molar-refractivity contribution >= 4 is 17.3 Å². The van der Waals surface area contributed by atoms with Gasteiger partial charge >= 0.3 is 0 Å². The molecule has 5 heteroatoms. The predicted molar refractivity (Wildman–Crippen MR) is 119 cm³/mol. The number of aliphatic hydroxyl groups is 1. The van der Waals surface area contributed by atoms with Crippen LogP contribution in [-0.2, 0) is 19.6 Å². The normalized spacial score (nSPS) is 12.9. The lowest BCUT2D eigenvalue weighted by atomic mass is 10.0. The summed E-state index contributed by atoms with van der Waals surface area (Å²) in [5.74, 6) is 0.904. The van der Waals surface area contributed by atoms with E-state index in [1.54, 1.807) is 7.11 Å². The molecule has 150 valence electrons. The molecule has 0 bridgehead atoms. The molecule has 1 aliphatic rings. The van der Waals surface area contributed by atoms with Crippen LogP contribution in [0.25, 0.3) is 11.1 Å². The third-order valence-corrected chi connectivity index (χ3v) is 5.71. The Bertz CT molecular complexity index is 992. The van der Waals surface area contributed by atoms with Gasteiger partial charge in [-0.2, -0.15) is 0 Å². The van der Waals surface area contributed by atoms with Crippen molar-refractivity contribution in [1.29, 1.82) is 0 Å². The number of fused-ring (bicyclic) bond motifs is 1. The summed E-state index contributed by atoms with van der Waals surface area (Å²) in [7, 11) is 1.71. The zero-order chi connectivity index (χ0) is 20.2. The molecule has 0 fully saturated rings. The number of aliphatic hydroxyl groups excluding tert-OH is 1. The van der Waals surface area contributed by atoms with Crippen molar-refractivity contribution < 1.29 is 9.84 Å². The van der Waals surface area contributed by atoms with Crippen molar-refractivity contribution in [2.75, 3.05) is 25.2 Å². The predicted octanol–water partition coefficient (Wildman–Crippen LogP) is 4.62. The Morgan fingerprint density at radius 2 is 1.90 bits per heavy atom. The molecule has 0 spiro atoms. The zero-order valence-corrected chi connectivity index (χ0v) is 17.2. The molecule has 3 aromatic carbocycles. The van der Waals surface area contributed by atoms with Crippen LogP contribution in [0.2, 0.25) is 5.02 Å². The Morgan fingerprint density at radius 1 is 1.07 bits per heavy atom. The summed E-state index contributed by atoms with van der Waals surface area (Å²) in [6, 6.07) is 20.7. The van der Waals surface area contributed by atoms with E-state index in [1.165, 1.54) is 11.1 Å². The largest absolute Gasteiger partial charge is 0.496 e. The van der Waals surface area contributed by atoms with E-state index in [-0.39, 0.29) is 6.61 Å². The Labute approximate surface area is 176 Å². The maximum Gasteiger partial charge on any atom is 0.124 e. The highest BCUT2D eigenvalue weighted by atomic mass is 35.5. The fourth-order valence-corrected chi connectivity index (χ4v) is 4.26. The first-order chi connectivity index (χ1) is 14.2. The highest BCUT2D eigenvalue weighted by Crippen LogP contribution is 2.41. The van der Waals surface area contributed by atoms with Gasteiger partial charge in [-0.25, -0.2) is 0 Å². The van der Waals surface area contributed by atoms with Gasteiger partial charge in [0.25, 0.3) is 0 Å². The summed E-state index contributed by atoms with van der Waals surface area (Å²) in [5, 5.41) is 13.0. The van der Waals surface area contributed by atoms with Crippen LogP contribution in [0.15, 0.2) is 60.7 Å². The van der Waals surface area contributed by atoms with E-state index in [0.717, 1.165) is 46.2 Å². The van der Waals surface area contributed by atoms with Gasteiger partial charge in [0.15, 0.2) is 0 Å². The van der Waals surface area contributed by atoms with Crippen molar-refractivity contribution in [3.05, 3.63) is 82.4 Å². The summed E-state index contributed by atoms with van der Waals surface area (Å²) in [4.78, 5) is 2.30. The lowest BCUT2D eigenvalue weighted by molar-refractivity contribution is 0.292. The van der Waals surface area contributed by atoms with Crippen LogP contribution in [0.4, 0.5) is 5.69 Å². The molecule has 29 heavy (non-hydrogen) atoms. The van der Waals surface area contributed by atoms with Crippen LogP contribution >= 0.6 is 11.6 Å². The number of halogens is 1. The molecular weight excluding hydrogens is 384 g/mol. The molecule has 0 aliphatic carbocycles. The molecule has 0 unspecified atom stereocenters. The average molecular weight is 409 g/mol. The van der Waals surface area contributed by atoms with E-state index in [9.17, 15) is 0 Å². The fraction of sp³-hybridized carbons (Fsp3) is 0.250. The molecule has 0 saturated carbocycles. The molecule has 3 aromatic rings. The van der Waals surface area contributed by atoms with Gasteiger partial charge in [-0.1, -0.05) is 60.1 Å². The van der Waals surface area contributed by atoms with Crippen LogP contribution in [0, 0.1) is 0 Å². The van der Waals surface area contributed by atoms with E-state index in [4.69, 9.17) is 21.4 Å². The van der Waals surface area contributed by atoms with Gasteiger partial charge in [0.05, 0.1) is 24.4 Å². The van der Waals surface area contributed by atoms with Crippen LogP contribution in [0.1, 0.15) is 16.7 Å². The number of hydrogen-bond acceptors (Lipinski definition) is 4. The molecule has 0 atom stereocenters. The standard InChI is InChI=1S/C24H25ClN2O2/c1-29-23-13-17(14-26-10-11-28)12-19-15-27(16-21(19)23)22-9-5-8-20(24(22)25)18-6-3-2-4-7-18/h2-9,12-13,26,28H,10-11,14-16H2,1H3. The summed E-state index contributed by atoms with van der Waals surface area (Å²) >= 11 is 6.85. The number of rotatable bonds is 7. The maximum absolute atomic E-state index is 8.99. The summed E-state index contributed by atoms with van der Waals surface area (Å²) in [6.07, 6.45) is 0. The van der Waals surface area contributed by atoms with Gasteiger partial charge in [0.1, 0.15) is 5.75 Å². The molecule has 4 nitrogen and oxygen atoms in total. The summed E-state index contributed by atoms with van der Waals surface area (Å²) < 4.78 is 5.67. The Kier molecular flexibility index (Phi) is 6.05. The van der Waals surface area contributed by atoms with Crippen LogP contribution < -0.4 is 15.0 Å². The number of anilines is 1. The highest BCUT2D eigenvalue weighted by Gasteiger charge is 2.25. The van der Waals surface area contributed by atoms with E-state index in [0.29, 0.717) is 13.1 Å². The van der Waals surface area contributed by atoms with Crippen molar-refractivity contribution in [3.8, 4) is 16.9 Å². The topological polar surface area (TPSA) is 44.7 Å². The van der Waals surface area contributed by atoms with Gasteiger partial charge in [0, 0.05) is 37.3 Å². The van der Waals surface area contributed by atoms with Crippen LogP contribution in [-0.4, -0.2) is 25.4 Å². The highest BCUT2D eigenvalue weighted by molar-refractivity contribution is 6.36. The smallest absolute Gasteiger partial charge is 0.124 e. The summed E-state index contributed by atoms with van der Waals surface area (Å²) in [5.41, 5.74) is 6.81. The molecule has 0 radical (unpaired) electrons. The van der Waals surface area contributed by atoms with Crippen molar-refractivity contribution in [3.63, 3.8) is 0 Å². The first kappa shape index (κ1) is 19.8. The lowest BCUT2D eigenvalue weighted by Gasteiger charge is -2.21. The SMILES string of the molecule is COc1cc(CNCCO)cc2c1CN(c1cccc(-c3ccccc3)c1Cl)C2. The minimum atomic E-state index is 0.131. The second-order valence-electron chi connectivity index (χ2n) is 7.20. The molecule has 4 rings (SSSR count). The minimum Gasteiger partial charge on any atom is -0.496 e. The van der Waals surface area contributed by atoms with Gasteiger partial charge < -0.3 is 20.1 Å². The number of ether oxygens (including phenoxy) is 1. The third-order valence-electron chi connectivity index (χ3n) is 5.31. The minimum absolute atomic E-state index is 0.131. The van der Waals surface area contributed by atoms with Crippen LogP contribution in [0.3, 0.4) is 0 Å². The Hall–Kier alpha value is -2.53. The third kappa shape index (κ3) is 4.10. The number of benzene rings is 3. The average Bonchev–Trinajstić information content (AvgIpc) is 3.18. The Morgan fingerprint density at radius 3 is 2.66 bits per heavy atom. The zero-order valence-electron chi connectivity index (χ0n) is 16.5. The number of methoxy groups -OCH3 is 1. The van der Waals surface area contributed by atoms with Crippen molar-refractivity contribution in [2.24, 2.45) is 0 Å². The first-order valence-electron chi connectivity index (χ1n) is 9.80. The monoisotopic (exact) mass is 408 g/mol. The van der Waals surface area contributed by atoms with Crippen LogP contribution in [0.5, 0.6) is 5.75 Å². The second kappa shape index (κ2) is 8.87. The van der Waals surface area contributed by atoms with E-state index >= 15 is 0 Å². The lowest BCUT2D eigenvalue weighted by Crippen LogP contribution is -2.17. The Balaban J connectivity index is 1.63. The van der Waals surface area contributed by atoms with Gasteiger partial charge in [-0.3, -0.25) is 0 Å². The molecule has 1 heterocycles. The molecule has 0 aromatic heterocycles. The van der Waals surface area contributed by atoms with E-state index in [2.05, 4.69) is 52.7 Å². The second-order valence-corrected chi connectivity index (χ2v) is 7.57. The van der Waals surface area contributed by atoms with Crippen molar-refractivity contribution in [2.45, 2.75) is 19.6 Å². The molecule has 0 saturated heterocycles. The first-order valence-corrected chi connectivity index (χ1v) is 10.2. The van der Waals surface area contributed by atoms with Gasteiger partial charge in [-0.15, -0.1) is 0 Å². The fourth-order valence-electron chi connectivity index (χ4n) is 3.91. The number of nitrogens with one attached hydrogen (secondary N) is 1. The molecular formula is C24H25ClN2O2. The molecule has 2 N–H and O–H groups in total. The number of nitrogens with zero attached hydrogens (tertiary/aromatic N) is 1. The molecule has 0 amide bonds. The van der Waals surface area contributed by atoms with Gasteiger partial charge in [-0.05, 0) is 28.8 Å². The summed E-state index contributed by atoms with van der Waals surface area (Å²) in [6.45, 7) is 2.96. The van der Waals surface area contributed by atoms with E-state index in [1.807, 2.05) is 18.2 Å².